The topological polar surface area (TPSA) is 106 Å². The minimum Gasteiger partial charge on any atom is -0.480 e. The van der Waals surface area contributed by atoms with Crippen LogP contribution in [0.2, 0.25) is 0 Å². The molecule has 0 aliphatic carbocycles. The van der Waals surface area contributed by atoms with Gasteiger partial charge in [0, 0.05) is 19.3 Å². The van der Waals surface area contributed by atoms with Gasteiger partial charge in [-0.1, -0.05) is 0 Å². The summed E-state index contributed by atoms with van der Waals surface area (Å²) in [4.78, 5) is 33.9. The third-order valence-electron chi connectivity index (χ3n) is 2.75. The second-order valence-electron chi connectivity index (χ2n) is 4.38. The molecule has 7 nitrogen and oxygen atoms in total. The highest BCUT2D eigenvalue weighted by atomic mass is 16.5. The number of amides is 1. The van der Waals surface area contributed by atoms with Gasteiger partial charge in [0.15, 0.2) is 0 Å². The normalized spacial score (nSPS) is 11.7. The van der Waals surface area contributed by atoms with Gasteiger partial charge in [-0.25, -0.2) is 4.79 Å². The Balaban J connectivity index is 2.37. The standard InChI is InChI=1S/C14H19NO6/c1-2-20-13(17)8-6-11(14(18)19)15-12(16)7-5-10-4-3-9-21-10/h3-4,9,11H,2,5-8H2,1H3,(H,15,16)(H,18,19)/t11-/m0/s1. The van der Waals surface area contributed by atoms with Crippen LogP contribution in [0, 0.1) is 0 Å². The van der Waals surface area contributed by atoms with Crippen LogP contribution >= 0.6 is 0 Å². The maximum Gasteiger partial charge on any atom is 0.326 e. The molecule has 1 rings (SSSR count). The van der Waals surface area contributed by atoms with Crippen molar-refractivity contribution in [1.29, 1.82) is 0 Å². The van der Waals surface area contributed by atoms with E-state index in [0.29, 0.717) is 12.2 Å². The number of furan rings is 1. The molecule has 0 saturated carbocycles. The van der Waals surface area contributed by atoms with E-state index in [0.717, 1.165) is 0 Å². The lowest BCUT2D eigenvalue weighted by atomic mass is 10.1. The van der Waals surface area contributed by atoms with Gasteiger partial charge in [0.1, 0.15) is 11.8 Å². The summed E-state index contributed by atoms with van der Waals surface area (Å²) in [5.74, 6) is -1.40. The molecule has 0 bridgehead atoms. The summed E-state index contributed by atoms with van der Waals surface area (Å²) in [7, 11) is 0. The van der Waals surface area contributed by atoms with Crippen molar-refractivity contribution >= 4 is 17.8 Å². The van der Waals surface area contributed by atoms with E-state index in [1.54, 1.807) is 19.1 Å². The number of hydrogen-bond acceptors (Lipinski definition) is 5. The van der Waals surface area contributed by atoms with Crippen molar-refractivity contribution in [3.05, 3.63) is 24.2 Å². The molecule has 0 saturated heterocycles. The van der Waals surface area contributed by atoms with Gasteiger partial charge < -0.3 is 19.6 Å². The number of carboxylic acids is 1. The average Bonchev–Trinajstić information content (AvgIpc) is 2.94. The zero-order valence-electron chi connectivity index (χ0n) is 11.8. The fourth-order valence-corrected chi connectivity index (χ4v) is 1.71. The molecule has 1 atom stereocenters. The van der Waals surface area contributed by atoms with Crippen LogP contribution in [0.1, 0.15) is 31.9 Å². The lowest BCUT2D eigenvalue weighted by molar-refractivity contribution is -0.145. The Morgan fingerprint density at radius 1 is 1.38 bits per heavy atom. The molecule has 1 amide bonds. The Morgan fingerprint density at radius 3 is 2.71 bits per heavy atom. The molecule has 21 heavy (non-hydrogen) atoms. The molecular weight excluding hydrogens is 278 g/mol. The summed E-state index contributed by atoms with van der Waals surface area (Å²) in [6.45, 7) is 1.91. The van der Waals surface area contributed by atoms with E-state index in [1.165, 1.54) is 6.26 Å². The zero-order chi connectivity index (χ0) is 15.7. The molecular formula is C14H19NO6. The summed E-state index contributed by atoms with van der Waals surface area (Å²) in [6.07, 6.45) is 1.97. The Kier molecular flexibility index (Phi) is 7.00. The Morgan fingerprint density at radius 2 is 2.14 bits per heavy atom. The Labute approximate surface area is 122 Å². The van der Waals surface area contributed by atoms with E-state index in [1.807, 2.05) is 0 Å². The van der Waals surface area contributed by atoms with Crippen molar-refractivity contribution in [3.8, 4) is 0 Å². The van der Waals surface area contributed by atoms with Gasteiger partial charge in [-0.05, 0) is 25.5 Å². The van der Waals surface area contributed by atoms with Crippen molar-refractivity contribution < 1.29 is 28.6 Å². The van der Waals surface area contributed by atoms with Crippen LogP contribution in [-0.2, 0) is 25.5 Å². The number of aryl methyl sites for hydroxylation is 1. The summed E-state index contributed by atoms with van der Waals surface area (Å²) in [6, 6.07) is 2.36. The number of ether oxygens (including phenoxy) is 1. The predicted octanol–water partition coefficient (Wildman–Crippen LogP) is 1.12. The first-order valence-electron chi connectivity index (χ1n) is 6.73. The van der Waals surface area contributed by atoms with Crippen LogP contribution < -0.4 is 5.32 Å². The van der Waals surface area contributed by atoms with Crippen LogP contribution in [0.3, 0.4) is 0 Å². The van der Waals surface area contributed by atoms with Crippen molar-refractivity contribution in [2.24, 2.45) is 0 Å². The number of esters is 1. The average molecular weight is 297 g/mol. The largest absolute Gasteiger partial charge is 0.480 e. The molecule has 0 fully saturated rings. The van der Waals surface area contributed by atoms with Crippen LogP contribution in [0.15, 0.2) is 22.8 Å². The summed E-state index contributed by atoms with van der Waals surface area (Å²) in [5.41, 5.74) is 0. The molecule has 2 N–H and O–H groups in total. The molecule has 0 aliphatic heterocycles. The van der Waals surface area contributed by atoms with Crippen molar-refractivity contribution in [1.82, 2.24) is 5.32 Å². The molecule has 0 aromatic carbocycles. The minimum atomic E-state index is -1.18. The third kappa shape index (κ3) is 6.60. The fourth-order valence-electron chi connectivity index (χ4n) is 1.71. The Hall–Kier alpha value is -2.31. The summed E-state index contributed by atoms with van der Waals surface area (Å²) >= 11 is 0. The predicted molar refractivity (Wildman–Crippen MR) is 72.5 cm³/mol. The quantitative estimate of drug-likeness (QED) is 0.662. The van der Waals surface area contributed by atoms with Crippen molar-refractivity contribution in [2.75, 3.05) is 6.61 Å². The molecule has 1 aromatic heterocycles. The van der Waals surface area contributed by atoms with Crippen LogP contribution in [0.5, 0.6) is 0 Å². The van der Waals surface area contributed by atoms with E-state index >= 15 is 0 Å². The second kappa shape index (κ2) is 8.78. The molecule has 7 heteroatoms. The number of hydrogen-bond donors (Lipinski definition) is 2. The molecule has 116 valence electrons. The maximum absolute atomic E-state index is 11.7. The number of aliphatic carboxylic acids is 1. The number of rotatable bonds is 9. The summed E-state index contributed by atoms with van der Waals surface area (Å²) < 4.78 is 9.80. The van der Waals surface area contributed by atoms with Crippen LogP contribution in [0.25, 0.3) is 0 Å². The molecule has 1 aromatic rings. The number of nitrogens with one attached hydrogen (secondary N) is 1. The molecule has 0 spiro atoms. The SMILES string of the molecule is CCOC(=O)CC[C@H](NC(=O)CCc1ccco1)C(=O)O. The van der Waals surface area contributed by atoms with E-state index in [4.69, 9.17) is 14.3 Å². The lowest BCUT2D eigenvalue weighted by Crippen LogP contribution is -2.41. The van der Waals surface area contributed by atoms with E-state index in [-0.39, 0.29) is 25.9 Å². The summed E-state index contributed by atoms with van der Waals surface area (Å²) in [5, 5.41) is 11.4. The minimum absolute atomic E-state index is 0.000653. The van der Waals surface area contributed by atoms with E-state index in [9.17, 15) is 14.4 Å². The molecule has 0 radical (unpaired) electrons. The highest BCUT2D eigenvalue weighted by Crippen LogP contribution is 2.05. The highest BCUT2D eigenvalue weighted by molar-refractivity contribution is 5.84. The van der Waals surface area contributed by atoms with Gasteiger partial charge in [0.25, 0.3) is 0 Å². The van der Waals surface area contributed by atoms with Gasteiger partial charge in [-0.2, -0.15) is 0 Å². The van der Waals surface area contributed by atoms with Crippen LogP contribution in [-0.4, -0.2) is 35.6 Å². The maximum atomic E-state index is 11.7. The lowest BCUT2D eigenvalue weighted by Gasteiger charge is -2.13. The fraction of sp³-hybridized carbons (Fsp3) is 0.500. The van der Waals surface area contributed by atoms with Crippen molar-refractivity contribution in [3.63, 3.8) is 0 Å². The Bertz CT molecular complexity index is 468. The molecule has 1 heterocycles. The zero-order valence-corrected chi connectivity index (χ0v) is 11.8. The number of carbonyl (C=O) groups excluding carboxylic acids is 2. The first-order chi connectivity index (χ1) is 10.0. The van der Waals surface area contributed by atoms with Crippen molar-refractivity contribution in [2.45, 2.75) is 38.6 Å². The van der Waals surface area contributed by atoms with E-state index in [2.05, 4.69) is 5.32 Å². The monoisotopic (exact) mass is 297 g/mol. The molecule has 0 aliphatic rings. The van der Waals surface area contributed by atoms with Gasteiger partial charge in [0.05, 0.1) is 12.9 Å². The first kappa shape index (κ1) is 16.7. The highest BCUT2D eigenvalue weighted by Gasteiger charge is 2.21. The third-order valence-corrected chi connectivity index (χ3v) is 2.75. The van der Waals surface area contributed by atoms with Gasteiger partial charge >= 0.3 is 11.9 Å². The number of carbonyl (C=O) groups is 3. The van der Waals surface area contributed by atoms with E-state index < -0.39 is 23.9 Å². The first-order valence-corrected chi connectivity index (χ1v) is 6.73. The van der Waals surface area contributed by atoms with Gasteiger partial charge in [-0.3, -0.25) is 9.59 Å². The van der Waals surface area contributed by atoms with Gasteiger partial charge in [0.2, 0.25) is 5.91 Å². The number of carboxylic acid groups (broad SMARTS) is 1. The smallest absolute Gasteiger partial charge is 0.326 e. The molecule has 0 unspecified atom stereocenters. The van der Waals surface area contributed by atoms with Gasteiger partial charge in [-0.15, -0.1) is 0 Å². The van der Waals surface area contributed by atoms with Crippen LogP contribution in [0.4, 0.5) is 0 Å². The second-order valence-corrected chi connectivity index (χ2v) is 4.38.